The van der Waals surface area contributed by atoms with Gasteiger partial charge in [-0.3, -0.25) is 14.7 Å². The van der Waals surface area contributed by atoms with Crippen molar-refractivity contribution in [3.63, 3.8) is 0 Å². The number of carbonyl (C=O) groups excluding carboxylic acids is 1. The van der Waals surface area contributed by atoms with Crippen LogP contribution in [-0.2, 0) is 10.3 Å². The van der Waals surface area contributed by atoms with Crippen LogP contribution in [0.2, 0.25) is 0 Å². The normalized spacial score (nSPS) is 19.0. The van der Waals surface area contributed by atoms with E-state index < -0.39 is 23.2 Å². The molecule has 3 heterocycles. The zero-order valence-corrected chi connectivity index (χ0v) is 14.8. The van der Waals surface area contributed by atoms with Crippen LogP contribution < -0.4 is 5.73 Å². The number of amides is 1. The van der Waals surface area contributed by atoms with E-state index in [1.165, 1.54) is 60.9 Å². The highest BCUT2D eigenvalue weighted by Gasteiger charge is 2.49. The molecule has 1 unspecified atom stereocenters. The molecular weight excluding hydrogens is 364 g/mol. The van der Waals surface area contributed by atoms with E-state index in [0.717, 1.165) is 0 Å². The van der Waals surface area contributed by atoms with Gasteiger partial charge in [0.25, 0.3) is 5.91 Å². The van der Waals surface area contributed by atoms with Crippen molar-refractivity contribution in [3.8, 4) is 11.1 Å². The van der Waals surface area contributed by atoms with Gasteiger partial charge in [0.2, 0.25) is 5.95 Å². The predicted octanol–water partition coefficient (Wildman–Crippen LogP) is 2.45. The second-order valence-corrected chi connectivity index (χ2v) is 6.32. The monoisotopic (exact) mass is 379 g/mol. The zero-order valence-electron chi connectivity index (χ0n) is 14.8. The molecule has 3 aromatic rings. The quantitative estimate of drug-likeness (QED) is 0.709. The highest BCUT2D eigenvalue weighted by atomic mass is 19.1. The molecule has 6 nitrogen and oxygen atoms in total. The van der Waals surface area contributed by atoms with E-state index in [9.17, 15) is 13.6 Å². The fourth-order valence-corrected chi connectivity index (χ4v) is 3.32. The second kappa shape index (κ2) is 6.49. The van der Waals surface area contributed by atoms with E-state index in [0.29, 0.717) is 11.1 Å². The summed E-state index contributed by atoms with van der Waals surface area (Å²) in [5.41, 5.74) is 5.25. The van der Waals surface area contributed by atoms with Gasteiger partial charge in [-0.1, -0.05) is 6.07 Å². The van der Waals surface area contributed by atoms with Crippen LogP contribution in [0.5, 0.6) is 0 Å². The van der Waals surface area contributed by atoms with Gasteiger partial charge < -0.3 is 5.73 Å². The Hall–Kier alpha value is -3.68. The number of nitrogens with zero attached hydrogens (tertiary/aromatic N) is 4. The molecule has 1 amide bonds. The number of aliphatic imine (C=N–C) groups is 1. The van der Waals surface area contributed by atoms with Gasteiger partial charge in [-0.25, -0.2) is 14.4 Å². The Morgan fingerprint density at radius 3 is 2.39 bits per heavy atom. The molecule has 0 fully saturated rings. The smallest absolute Gasteiger partial charge is 0.266 e. The predicted molar refractivity (Wildman–Crippen MR) is 99.0 cm³/mol. The SMILES string of the molecule is CN1C(=O)C(c2ccncc2)(c2ccc(F)c(-c3cccnc3F)c2)N=C1N. The van der Waals surface area contributed by atoms with Gasteiger partial charge in [0.1, 0.15) is 5.82 Å². The molecule has 0 radical (unpaired) electrons. The molecule has 0 saturated heterocycles. The number of hydrogen-bond acceptors (Lipinski definition) is 5. The van der Waals surface area contributed by atoms with Crippen molar-refractivity contribution in [2.45, 2.75) is 5.54 Å². The molecule has 1 aliphatic rings. The van der Waals surface area contributed by atoms with Crippen molar-refractivity contribution < 1.29 is 13.6 Å². The molecule has 1 atom stereocenters. The second-order valence-electron chi connectivity index (χ2n) is 6.32. The summed E-state index contributed by atoms with van der Waals surface area (Å²) < 4.78 is 28.7. The summed E-state index contributed by atoms with van der Waals surface area (Å²) in [5, 5.41) is 0. The average Bonchev–Trinajstić information content (AvgIpc) is 2.94. The third-order valence-electron chi connectivity index (χ3n) is 4.77. The number of likely N-dealkylation sites (N-methyl/N-ethyl adjacent to an activating group) is 1. The first kappa shape index (κ1) is 17.7. The number of carbonyl (C=O) groups is 1. The Labute approximate surface area is 159 Å². The summed E-state index contributed by atoms with van der Waals surface area (Å²) in [7, 11) is 1.51. The van der Waals surface area contributed by atoms with Crippen LogP contribution in [0.1, 0.15) is 11.1 Å². The third-order valence-corrected chi connectivity index (χ3v) is 4.77. The Balaban J connectivity index is 1.99. The number of halogens is 2. The molecule has 2 N–H and O–H groups in total. The molecule has 8 heteroatoms. The van der Waals surface area contributed by atoms with Crippen LogP contribution in [0.25, 0.3) is 11.1 Å². The van der Waals surface area contributed by atoms with Crippen LogP contribution in [0.3, 0.4) is 0 Å². The van der Waals surface area contributed by atoms with E-state index in [2.05, 4.69) is 15.0 Å². The Morgan fingerprint density at radius 2 is 1.75 bits per heavy atom. The first-order chi connectivity index (χ1) is 13.4. The Kier molecular flexibility index (Phi) is 4.11. The first-order valence-electron chi connectivity index (χ1n) is 8.40. The van der Waals surface area contributed by atoms with Gasteiger partial charge >= 0.3 is 0 Å². The number of rotatable bonds is 3. The summed E-state index contributed by atoms with van der Waals surface area (Å²) >= 11 is 0. The average molecular weight is 379 g/mol. The number of pyridine rings is 2. The van der Waals surface area contributed by atoms with E-state index in [1.54, 1.807) is 12.1 Å². The van der Waals surface area contributed by atoms with Crippen molar-refractivity contribution >= 4 is 11.9 Å². The molecule has 0 bridgehead atoms. The van der Waals surface area contributed by atoms with Crippen LogP contribution in [-0.4, -0.2) is 33.8 Å². The van der Waals surface area contributed by atoms with Gasteiger partial charge in [0.05, 0.1) is 0 Å². The first-order valence-corrected chi connectivity index (χ1v) is 8.40. The van der Waals surface area contributed by atoms with Gasteiger partial charge in [0.15, 0.2) is 11.5 Å². The maximum absolute atomic E-state index is 14.5. The van der Waals surface area contributed by atoms with Crippen LogP contribution in [0.4, 0.5) is 8.78 Å². The topological polar surface area (TPSA) is 84.5 Å². The molecule has 28 heavy (non-hydrogen) atoms. The maximum Gasteiger partial charge on any atom is 0.266 e. The minimum Gasteiger partial charge on any atom is -0.369 e. The van der Waals surface area contributed by atoms with Crippen molar-refractivity contribution in [2.24, 2.45) is 10.7 Å². The lowest BCUT2D eigenvalue weighted by Crippen LogP contribution is -2.41. The summed E-state index contributed by atoms with van der Waals surface area (Å²) in [6.45, 7) is 0. The van der Waals surface area contributed by atoms with Gasteiger partial charge in [-0.15, -0.1) is 0 Å². The van der Waals surface area contributed by atoms with Crippen molar-refractivity contribution in [3.05, 3.63) is 83.9 Å². The molecular formula is C20H15F2N5O. The standard InChI is InChI=1S/C20H15F2N5O/c1-27-18(28)20(26-19(27)23,12-6-9-24-10-7-12)13-4-5-16(21)15(11-13)14-3-2-8-25-17(14)22/h2-11H,1H3,(H2,23,26). The largest absolute Gasteiger partial charge is 0.369 e. The zero-order chi connectivity index (χ0) is 19.9. The minimum absolute atomic E-state index is 0.0116. The van der Waals surface area contributed by atoms with Crippen molar-refractivity contribution in [2.75, 3.05) is 7.05 Å². The minimum atomic E-state index is -1.51. The van der Waals surface area contributed by atoms with Crippen LogP contribution in [0.15, 0.2) is 66.0 Å². The van der Waals surface area contributed by atoms with E-state index >= 15 is 0 Å². The molecule has 1 aromatic carbocycles. The summed E-state index contributed by atoms with van der Waals surface area (Å²) in [6, 6.07) is 10.2. The summed E-state index contributed by atoms with van der Waals surface area (Å²) in [5.74, 6) is -1.83. The van der Waals surface area contributed by atoms with Crippen molar-refractivity contribution in [1.82, 2.24) is 14.9 Å². The third kappa shape index (κ3) is 2.53. The fourth-order valence-electron chi connectivity index (χ4n) is 3.32. The lowest BCUT2D eigenvalue weighted by Gasteiger charge is -2.26. The molecule has 0 aliphatic carbocycles. The van der Waals surface area contributed by atoms with Gasteiger partial charge in [0, 0.05) is 36.8 Å². The van der Waals surface area contributed by atoms with Crippen molar-refractivity contribution in [1.29, 1.82) is 0 Å². The highest BCUT2D eigenvalue weighted by Crippen LogP contribution is 2.40. The lowest BCUT2D eigenvalue weighted by molar-refractivity contribution is -0.129. The molecule has 4 rings (SSSR count). The Bertz CT molecular complexity index is 1100. The maximum atomic E-state index is 14.5. The van der Waals surface area contributed by atoms with Gasteiger partial charge in [-0.2, -0.15) is 4.39 Å². The van der Waals surface area contributed by atoms with Crippen LogP contribution >= 0.6 is 0 Å². The molecule has 140 valence electrons. The molecule has 0 spiro atoms. The highest BCUT2D eigenvalue weighted by molar-refractivity contribution is 6.09. The number of benzene rings is 1. The van der Waals surface area contributed by atoms with E-state index in [1.807, 2.05) is 0 Å². The van der Waals surface area contributed by atoms with Crippen LogP contribution in [0, 0.1) is 11.8 Å². The summed E-state index contributed by atoms with van der Waals surface area (Å²) in [6.07, 6.45) is 4.33. The number of guanidine groups is 1. The van der Waals surface area contributed by atoms with Gasteiger partial charge in [-0.05, 0) is 47.5 Å². The number of aromatic nitrogens is 2. The number of nitrogens with two attached hydrogens (primary N) is 1. The number of hydrogen-bond donors (Lipinski definition) is 1. The fraction of sp³-hybridized carbons (Fsp3) is 0.100. The molecule has 1 aliphatic heterocycles. The molecule has 0 saturated carbocycles. The van der Waals surface area contributed by atoms with E-state index in [4.69, 9.17) is 5.73 Å². The summed E-state index contributed by atoms with van der Waals surface area (Å²) in [4.78, 5) is 26.4. The molecule has 2 aromatic heterocycles. The Morgan fingerprint density at radius 1 is 1.00 bits per heavy atom. The lowest BCUT2D eigenvalue weighted by atomic mass is 9.82. The van der Waals surface area contributed by atoms with E-state index in [-0.39, 0.29) is 17.1 Å².